The van der Waals surface area contributed by atoms with Crippen molar-refractivity contribution in [1.29, 1.82) is 0 Å². The number of benzene rings is 2. The molecule has 28 heavy (non-hydrogen) atoms. The lowest BCUT2D eigenvalue weighted by Crippen LogP contribution is -2.32. The summed E-state index contributed by atoms with van der Waals surface area (Å²) in [6, 6.07) is 15.5. The molecule has 0 radical (unpaired) electrons. The summed E-state index contributed by atoms with van der Waals surface area (Å²) in [6.07, 6.45) is 0.236. The molecular formula is C22H27N3O3. The van der Waals surface area contributed by atoms with Crippen molar-refractivity contribution in [2.24, 2.45) is 5.92 Å². The van der Waals surface area contributed by atoms with Crippen LogP contribution in [0.25, 0.3) is 0 Å². The Morgan fingerprint density at radius 1 is 1.11 bits per heavy atom. The third kappa shape index (κ3) is 4.89. The van der Waals surface area contributed by atoms with Crippen LogP contribution in [0.15, 0.2) is 48.5 Å². The highest BCUT2D eigenvalue weighted by atomic mass is 16.5. The van der Waals surface area contributed by atoms with Gasteiger partial charge in [-0.25, -0.2) is 0 Å². The van der Waals surface area contributed by atoms with Crippen LogP contribution in [0.3, 0.4) is 0 Å². The Hall–Kier alpha value is -2.86. The van der Waals surface area contributed by atoms with Crippen LogP contribution < -0.4 is 15.0 Å². The van der Waals surface area contributed by atoms with Crippen molar-refractivity contribution in [2.75, 3.05) is 32.6 Å². The average Bonchev–Trinajstić information content (AvgIpc) is 3.08. The van der Waals surface area contributed by atoms with Gasteiger partial charge in [-0.15, -0.1) is 0 Å². The molecule has 2 aromatic carbocycles. The van der Waals surface area contributed by atoms with Gasteiger partial charge in [-0.2, -0.15) is 0 Å². The minimum Gasteiger partial charge on any atom is -0.497 e. The van der Waals surface area contributed by atoms with E-state index in [2.05, 4.69) is 22.3 Å². The van der Waals surface area contributed by atoms with E-state index in [1.54, 1.807) is 12.0 Å². The van der Waals surface area contributed by atoms with Crippen LogP contribution >= 0.6 is 0 Å². The number of nitrogens with zero attached hydrogens (tertiary/aromatic N) is 2. The smallest absolute Gasteiger partial charge is 0.227 e. The van der Waals surface area contributed by atoms with Gasteiger partial charge in [0.1, 0.15) is 5.75 Å². The number of carbonyl (C=O) groups excluding carboxylic acids is 2. The van der Waals surface area contributed by atoms with E-state index in [0.717, 1.165) is 23.5 Å². The van der Waals surface area contributed by atoms with Crippen molar-refractivity contribution in [2.45, 2.75) is 19.5 Å². The van der Waals surface area contributed by atoms with Gasteiger partial charge in [-0.05, 0) is 49.5 Å². The molecule has 1 aliphatic heterocycles. The van der Waals surface area contributed by atoms with Crippen LogP contribution in [-0.2, 0) is 22.7 Å². The molecule has 1 atom stereocenters. The van der Waals surface area contributed by atoms with Crippen molar-refractivity contribution in [1.82, 2.24) is 10.2 Å². The fraction of sp³-hybridized carbons (Fsp3) is 0.364. The quantitative estimate of drug-likeness (QED) is 0.800. The second-order valence-electron chi connectivity index (χ2n) is 7.38. The molecule has 1 N–H and O–H groups in total. The molecule has 0 spiro atoms. The SMILES string of the molecule is COc1ccc(N2CC(C(=O)NCc3ccc(CN(C)C)cc3)CC2=O)cc1. The monoisotopic (exact) mass is 381 g/mol. The molecule has 0 aromatic heterocycles. The number of amides is 2. The van der Waals surface area contributed by atoms with Crippen molar-refractivity contribution < 1.29 is 14.3 Å². The topological polar surface area (TPSA) is 61.9 Å². The lowest BCUT2D eigenvalue weighted by atomic mass is 10.1. The maximum Gasteiger partial charge on any atom is 0.227 e. The van der Waals surface area contributed by atoms with Crippen LogP contribution in [0.5, 0.6) is 5.75 Å². The number of rotatable bonds is 7. The number of carbonyl (C=O) groups is 2. The largest absolute Gasteiger partial charge is 0.497 e. The van der Waals surface area contributed by atoms with Gasteiger partial charge in [0.25, 0.3) is 0 Å². The number of methoxy groups -OCH3 is 1. The van der Waals surface area contributed by atoms with Gasteiger partial charge in [-0.3, -0.25) is 9.59 Å². The molecule has 2 aromatic rings. The molecule has 1 aliphatic rings. The summed E-state index contributed by atoms with van der Waals surface area (Å²) >= 11 is 0. The molecule has 2 amide bonds. The van der Waals surface area contributed by atoms with E-state index in [4.69, 9.17) is 4.74 Å². The molecule has 148 valence electrons. The van der Waals surface area contributed by atoms with Crippen LogP contribution in [0.1, 0.15) is 17.5 Å². The normalized spacial score (nSPS) is 16.5. The summed E-state index contributed by atoms with van der Waals surface area (Å²) in [5, 5.41) is 2.96. The van der Waals surface area contributed by atoms with Crippen LogP contribution in [0, 0.1) is 5.92 Å². The van der Waals surface area contributed by atoms with E-state index < -0.39 is 0 Å². The van der Waals surface area contributed by atoms with Gasteiger partial charge >= 0.3 is 0 Å². The zero-order chi connectivity index (χ0) is 20.1. The Bertz CT molecular complexity index is 816. The van der Waals surface area contributed by atoms with Crippen LogP contribution in [0.4, 0.5) is 5.69 Å². The fourth-order valence-corrected chi connectivity index (χ4v) is 3.36. The number of anilines is 1. The summed E-state index contributed by atoms with van der Waals surface area (Å²) in [5.74, 6) is 0.295. The van der Waals surface area contributed by atoms with Gasteiger partial charge < -0.3 is 19.9 Å². The first kappa shape index (κ1) is 19.9. The highest BCUT2D eigenvalue weighted by Gasteiger charge is 2.34. The van der Waals surface area contributed by atoms with Crippen molar-refractivity contribution in [3.05, 3.63) is 59.7 Å². The van der Waals surface area contributed by atoms with E-state index >= 15 is 0 Å². The number of ether oxygens (including phenoxy) is 1. The first-order valence-electron chi connectivity index (χ1n) is 9.41. The van der Waals surface area contributed by atoms with Crippen molar-refractivity contribution in [3.8, 4) is 5.75 Å². The molecule has 0 aliphatic carbocycles. The minimum absolute atomic E-state index is 0.0293. The Balaban J connectivity index is 1.54. The Labute approximate surface area is 166 Å². The number of hydrogen-bond acceptors (Lipinski definition) is 4. The van der Waals surface area contributed by atoms with Crippen LogP contribution in [0.2, 0.25) is 0 Å². The second kappa shape index (κ2) is 8.89. The highest BCUT2D eigenvalue weighted by molar-refractivity contribution is 6.00. The summed E-state index contributed by atoms with van der Waals surface area (Å²) in [7, 11) is 5.67. The zero-order valence-electron chi connectivity index (χ0n) is 16.6. The molecule has 1 saturated heterocycles. The lowest BCUT2D eigenvalue weighted by Gasteiger charge is -2.17. The molecule has 1 fully saturated rings. The molecule has 6 nitrogen and oxygen atoms in total. The molecule has 1 heterocycles. The average molecular weight is 381 g/mol. The summed E-state index contributed by atoms with van der Waals surface area (Å²) < 4.78 is 5.15. The third-order valence-electron chi connectivity index (χ3n) is 4.87. The fourth-order valence-electron chi connectivity index (χ4n) is 3.36. The van der Waals surface area contributed by atoms with E-state index in [-0.39, 0.29) is 24.2 Å². The Morgan fingerprint density at radius 2 is 1.75 bits per heavy atom. The Kier molecular flexibility index (Phi) is 6.31. The van der Waals surface area contributed by atoms with Crippen molar-refractivity contribution in [3.63, 3.8) is 0 Å². The standard InChI is InChI=1S/C22H27N3O3/c1-24(2)14-17-6-4-16(5-7-17)13-23-22(27)18-12-21(26)25(15-18)19-8-10-20(28-3)11-9-19/h4-11,18H,12-15H2,1-3H3,(H,23,27). The first-order valence-corrected chi connectivity index (χ1v) is 9.41. The first-order chi connectivity index (χ1) is 13.5. The summed E-state index contributed by atoms with van der Waals surface area (Å²) in [6.45, 7) is 1.76. The third-order valence-corrected chi connectivity index (χ3v) is 4.87. The predicted octanol–water partition coefficient (Wildman–Crippen LogP) is 2.43. The second-order valence-corrected chi connectivity index (χ2v) is 7.38. The van der Waals surface area contributed by atoms with Gasteiger partial charge in [0.15, 0.2) is 0 Å². The predicted molar refractivity (Wildman–Crippen MR) is 109 cm³/mol. The zero-order valence-corrected chi connectivity index (χ0v) is 16.6. The van der Waals surface area contributed by atoms with E-state index in [1.807, 2.05) is 50.5 Å². The molecule has 3 rings (SSSR count). The lowest BCUT2D eigenvalue weighted by molar-refractivity contribution is -0.126. The molecule has 6 heteroatoms. The summed E-state index contributed by atoms with van der Waals surface area (Å²) in [5.41, 5.74) is 3.07. The maximum atomic E-state index is 12.5. The molecule has 1 unspecified atom stereocenters. The van der Waals surface area contributed by atoms with E-state index in [9.17, 15) is 9.59 Å². The Morgan fingerprint density at radius 3 is 2.36 bits per heavy atom. The van der Waals surface area contributed by atoms with E-state index in [1.165, 1.54) is 5.56 Å². The number of hydrogen-bond donors (Lipinski definition) is 1. The van der Waals surface area contributed by atoms with Gasteiger partial charge in [0.2, 0.25) is 11.8 Å². The van der Waals surface area contributed by atoms with Gasteiger partial charge in [-0.1, -0.05) is 24.3 Å². The van der Waals surface area contributed by atoms with Crippen molar-refractivity contribution >= 4 is 17.5 Å². The maximum absolute atomic E-state index is 12.5. The van der Waals surface area contributed by atoms with Crippen LogP contribution in [-0.4, -0.2) is 44.5 Å². The molecule has 0 saturated carbocycles. The van der Waals surface area contributed by atoms with Gasteiger partial charge in [0, 0.05) is 31.7 Å². The van der Waals surface area contributed by atoms with E-state index in [0.29, 0.717) is 13.1 Å². The molecule has 0 bridgehead atoms. The summed E-state index contributed by atoms with van der Waals surface area (Å²) in [4.78, 5) is 28.7. The molecular weight excluding hydrogens is 354 g/mol. The number of nitrogens with one attached hydrogen (secondary N) is 1. The van der Waals surface area contributed by atoms with Gasteiger partial charge in [0.05, 0.1) is 13.0 Å². The highest BCUT2D eigenvalue weighted by Crippen LogP contribution is 2.27. The minimum atomic E-state index is -0.331.